The Kier molecular flexibility index (Phi) is 3.88. The fourth-order valence-corrected chi connectivity index (χ4v) is 1.82. The third kappa shape index (κ3) is 2.71. The van der Waals surface area contributed by atoms with Gasteiger partial charge in [0.15, 0.2) is 11.9 Å². The molecule has 2 rings (SSSR count). The van der Waals surface area contributed by atoms with Gasteiger partial charge < -0.3 is 9.57 Å². The monoisotopic (exact) mass is 233 g/mol. The summed E-state index contributed by atoms with van der Waals surface area (Å²) in [5.41, 5.74) is 1.31. The minimum Gasteiger partial charge on any atom is -0.396 e. The standard InChI is InChI=1S/C13H15NO3/c1-16-13(11-8-5-9-17-14-11)12(15)10-6-3-2-4-7-10/h2-4,6-7,13H,5,8-9H2,1H3. The highest BCUT2D eigenvalue weighted by atomic mass is 16.6. The van der Waals surface area contributed by atoms with Crippen molar-refractivity contribution in [3.05, 3.63) is 35.9 Å². The summed E-state index contributed by atoms with van der Waals surface area (Å²) < 4.78 is 5.25. The lowest BCUT2D eigenvalue weighted by atomic mass is 10.00. The quantitative estimate of drug-likeness (QED) is 0.748. The van der Waals surface area contributed by atoms with Crippen LogP contribution in [-0.4, -0.2) is 31.3 Å². The van der Waals surface area contributed by atoms with E-state index in [2.05, 4.69) is 5.16 Å². The summed E-state index contributed by atoms with van der Waals surface area (Å²) in [4.78, 5) is 17.2. The molecule has 1 aliphatic heterocycles. The number of nitrogens with zero attached hydrogens (tertiary/aromatic N) is 1. The van der Waals surface area contributed by atoms with Gasteiger partial charge in [-0.2, -0.15) is 0 Å². The molecule has 0 saturated carbocycles. The first kappa shape index (κ1) is 11.8. The molecular formula is C13H15NO3. The van der Waals surface area contributed by atoms with Crippen LogP contribution in [-0.2, 0) is 9.57 Å². The van der Waals surface area contributed by atoms with Gasteiger partial charge in [-0.3, -0.25) is 4.79 Å². The van der Waals surface area contributed by atoms with Crippen molar-refractivity contribution in [2.24, 2.45) is 5.16 Å². The zero-order valence-corrected chi connectivity index (χ0v) is 9.76. The van der Waals surface area contributed by atoms with Crippen molar-refractivity contribution >= 4 is 11.5 Å². The van der Waals surface area contributed by atoms with E-state index in [1.807, 2.05) is 18.2 Å². The molecule has 4 heteroatoms. The van der Waals surface area contributed by atoms with Gasteiger partial charge in [-0.25, -0.2) is 0 Å². The van der Waals surface area contributed by atoms with Crippen molar-refractivity contribution in [2.75, 3.05) is 13.7 Å². The molecular weight excluding hydrogens is 218 g/mol. The smallest absolute Gasteiger partial charge is 0.197 e. The first-order valence-electron chi connectivity index (χ1n) is 5.63. The Bertz CT molecular complexity index is 414. The molecule has 90 valence electrons. The minimum absolute atomic E-state index is 0.0719. The molecule has 0 aliphatic carbocycles. The number of oxime groups is 1. The normalized spacial score (nSPS) is 16.9. The second-order valence-electron chi connectivity index (χ2n) is 3.87. The third-order valence-electron chi connectivity index (χ3n) is 2.69. The maximum Gasteiger partial charge on any atom is 0.197 e. The molecule has 1 aromatic rings. The average Bonchev–Trinajstić information content (AvgIpc) is 2.42. The van der Waals surface area contributed by atoms with Gasteiger partial charge in [0.05, 0.1) is 5.71 Å². The van der Waals surface area contributed by atoms with E-state index in [9.17, 15) is 4.79 Å². The first-order chi connectivity index (χ1) is 8.33. The summed E-state index contributed by atoms with van der Waals surface area (Å²) in [5, 5.41) is 3.92. The lowest BCUT2D eigenvalue weighted by molar-refractivity contribution is 0.0707. The zero-order chi connectivity index (χ0) is 12.1. The van der Waals surface area contributed by atoms with Crippen molar-refractivity contribution in [3.63, 3.8) is 0 Å². The summed E-state index contributed by atoms with van der Waals surface area (Å²) in [6, 6.07) is 9.09. The van der Waals surface area contributed by atoms with Gasteiger partial charge in [0.25, 0.3) is 0 Å². The lowest BCUT2D eigenvalue weighted by Gasteiger charge is -2.19. The number of hydrogen-bond donors (Lipinski definition) is 0. The van der Waals surface area contributed by atoms with Gasteiger partial charge in [0.2, 0.25) is 0 Å². The zero-order valence-electron chi connectivity index (χ0n) is 9.76. The molecule has 1 aromatic carbocycles. The summed E-state index contributed by atoms with van der Waals surface area (Å²) in [5.74, 6) is -0.0719. The number of methoxy groups -OCH3 is 1. The van der Waals surface area contributed by atoms with E-state index in [4.69, 9.17) is 9.57 Å². The van der Waals surface area contributed by atoms with E-state index < -0.39 is 6.10 Å². The molecule has 1 heterocycles. The largest absolute Gasteiger partial charge is 0.396 e. The van der Waals surface area contributed by atoms with Crippen LogP contribution >= 0.6 is 0 Å². The summed E-state index contributed by atoms with van der Waals surface area (Å²) >= 11 is 0. The van der Waals surface area contributed by atoms with Crippen LogP contribution in [0.5, 0.6) is 0 Å². The SMILES string of the molecule is COC(C(=O)c1ccccc1)C1=NOCCC1. The molecule has 1 atom stereocenters. The van der Waals surface area contributed by atoms with Crippen LogP contribution < -0.4 is 0 Å². The Morgan fingerprint density at radius 2 is 2.18 bits per heavy atom. The van der Waals surface area contributed by atoms with Gasteiger partial charge in [-0.1, -0.05) is 35.5 Å². The van der Waals surface area contributed by atoms with Crippen molar-refractivity contribution in [1.82, 2.24) is 0 Å². The topological polar surface area (TPSA) is 47.9 Å². The fourth-order valence-electron chi connectivity index (χ4n) is 1.82. The molecule has 0 radical (unpaired) electrons. The molecule has 0 saturated heterocycles. The first-order valence-corrected chi connectivity index (χ1v) is 5.63. The Balaban J connectivity index is 2.18. The molecule has 1 unspecified atom stereocenters. The maximum atomic E-state index is 12.2. The molecule has 17 heavy (non-hydrogen) atoms. The second kappa shape index (κ2) is 5.59. The van der Waals surface area contributed by atoms with Crippen LogP contribution in [0.15, 0.2) is 35.5 Å². The highest BCUT2D eigenvalue weighted by Gasteiger charge is 2.26. The van der Waals surface area contributed by atoms with E-state index in [0.717, 1.165) is 12.8 Å². The van der Waals surface area contributed by atoms with Crippen LogP contribution in [0.4, 0.5) is 0 Å². The summed E-state index contributed by atoms with van der Waals surface area (Å²) in [6.45, 7) is 0.611. The van der Waals surface area contributed by atoms with Crippen molar-refractivity contribution < 1.29 is 14.4 Å². The van der Waals surface area contributed by atoms with Gasteiger partial charge in [0, 0.05) is 12.7 Å². The summed E-state index contributed by atoms with van der Waals surface area (Å²) in [7, 11) is 1.52. The number of carbonyl (C=O) groups excluding carboxylic acids is 1. The highest BCUT2D eigenvalue weighted by molar-refractivity contribution is 6.14. The van der Waals surface area contributed by atoms with E-state index in [-0.39, 0.29) is 5.78 Å². The van der Waals surface area contributed by atoms with Gasteiger partial charge in [-0.15, -0.1) is 0 Å². The Hall–Kier alpha value is -1.68. The van der Waals surface area contributed by atoms with Crippen molar-refractivity contribution in [3.8, 4) is 0 Å². The average molecular weight is 233 g/mol. The second-order valence-corrected chi connectivity index (χ2v) is 3.87. The molecule has 0 bridgehead atoms. The number of hydrogen-bond acceptors (Lipinski definition) is 4. The Morgan fingerprint density at radius 1 is 1.41 bits per heavy atom. The van der Waals surface area contributed by atoms with Crippen LogP contribution in [0.3, 0.4) is 0 Å². The van der Waals surface area contributed by atoms with E-state index >= 15 is 0 Å². The van der Waals surface area contributed by atoms with Crippen LogP contribution in [0.25, 0.3) is 0 Å². The van der Waals surface area contributed by atoms with Crippen LogP contribution in [0, 0.1) is 0 Å². The molecule has 0 spiro atoms. The van der Waals surface area contributed by atoms with Crippen LogP contribution in [0.1, 0.15) is 23.2 Å². The van der Waals surface area contributed by atoms with Crippen LogP contribution in [0.2, 0.25) is 0 Å². The number of ether oxygens (including phenoxy) is 1. The number of benzene rings is 1. The fraction of sp³-hybridized carbons (Fsp3) is 0.385. The van der Waals surface area contributed by atoms with Crippen molar-refractivity contribution in [1.29, 1.82) is 0 Å². The predicted octanol–water partition coefficient (Wildman–Crippen LogP) is 2.05. The molecule has 1 aliphatic rings. The molecule has 0 amide bonds. The lowest BCUT2D eigenvalue weighted by Crippen LogP contribution is -2.33. The maximum absolute atomic E-state index is 12.2. The molecule has 0 fully saturated rings. The third-order valence-corrected chi connectivity index (χ3v) is 2.69. The molecule has 0 N–H and O–H groups in total. The Labute approximate surface area is 100 Å². The molecule has 4 nitrogen and oxygen atoms in total. The molecule has 0 aromatic heterocycles. The van der Waals surface area contributed by atoms with Gasteiger partial charge in [0.1, 0.15) is 6.61 Å². The number of carbonyl (C=O) groups is 1. The van der Waals surface area contributed by atoms with E-state index in [0.29, 0.717) is 17.9 Å². The predicted molar refractivity (Wildman–Crippen MR) is 64.2 cm³/mol. The Morgan fingerprint density at radius 3 is 2.76 bits per heavy atom. The summed E-state index contributed by atoms with van der Waals surface area (Å²) in [6.07, 6.45) is 0.996. The van der Waals surface area contributed by atoms with E-state index in [1.165, 1.54) is 7.11 Å². The number of ketones is 1. The number of Topliss-reactive ketones (excluding diaryl/α,β-unsaturated/α-hetero) is 1. The number of rotatable bonds is 4. The highest BCUT2D eigenvalue weighted by Crippen LogP contribution is 2.13. The van der Waals surface area contributed by atoms with Crippen molar-refractivity contribution in [2.45, 2.75) is 18.9 Å². The van der Waals surface area contributed by atoms with Gasteiger partial charge >= 0.3 is 0 Å². The van der Waals surface area contributed by atoms with E-state index in [1.54, 1.807) is 12.1 Å². The van der Waals surface area contributed by atoms with Gasteiger partial charge in [-0.05, 0) is 12.8 Å². The minimum atomic E-state index is -0.627.